The van der Waals surface area contributed by atoms with Gasteiger partial charge in [0.05, 0.1) is 0 Å². The Bertz CT molecular complexity index is 1450. The van der Waals surface area contributed by atoms with Crippen LogP contribution < -0.4 is 5.32 Å². The van der Waals surface area contributed by atoms with Gasteiger partial charge in [-0.2, -0.15) is 0 Å². The molecule has 0 saturated carbocycles. The molecule has 1 aliphatic heterocycles. The molecule has 1 heterocycles. The summed E-state index contributed by atoms with van der Waals surface area (Å²) in [6.07, 6.45) is 5.83. The Morgan fingerprint density at radius 3 is 2.05 bits per heavy atom. The number of carboxylic acid groups (broad SMARTS) is 2. The fraction of sp³-hybridized carbons (Fsp3) is 0.188. The molecule has 0 bridgehead atoms. The minimum atomic E-state index is -1.26. The van der Waals surface area contributed by atoms with Gasteiger partial charge in [-0.05, 0) is 46.2 Å². The van der Waals surface area contributed by atoms with E-state index in [1.54, 1.807) is 0 Å². The summed E-state index contributed by atoms with van der Waals surface area (Å²) in [5.41, 5.74) is 4.15. The van der Waals surface area contributed by atoms with Crippen molar-refractivity contribution in [3.05, 3.63) is 109 Å². The number of aliphatic carboxylic acids is 2. The molecular weight excluding hydrogens is 476 g/mol. The maximum Gasteiger partial charge on any atom is 0.328 e. The van der Waals surface area contributed by atoms with Crippen molar-refractivity contribution in [3.63, 3.8) is 0 Å². The van der Waals surface area contributed by atoms with Crippen molar-refractivity contribution in [2.75, 3.05) is 31.5 Å². The Hall–Kier alpha value is -4.42. The molecule has 0 aliphatic carbocycles. The van der Waals surface area contributed by atoms with Gasteiger partial charge in [-0.15, -0.1) is 0 Å². The highest BCUT2D eigenvalue weighted by Gasteiger charge is 2.14. The molecule has 194 valence electrons. The smallest absolute Gasteiger partial charge is 0.328 e. The van der Waals surface area contributed by atoms with E-state index in [9.17, 15) is 9.59 Å². The fourth-order valence-electron chi connectivity index (χ4n) is 4.71. The van der Waals surface area contributed by atoms with Gasteiger partial charge in [0.1, 0.15) is 0 Å². The fourth-order valence-corrected chi connectivity index (χ4v) is 4.71. The highest BCUT2D eigenvalue weighted by Crippen LogP contribution is 2.29. The topological polar surface area (TPSA) is 89.9 Å². The first-order chi connectivity index (χ1) is 18.5. The number of anilines is 1. The Balaban J connectivity index is 0.000000368. The second-order valence-corrected chi connectivity index (χ2v) is 9.12. The lowest BCUT2D eigenvalue weighted by Crippen LogP contribution is -2.30. The summed E-state index contributed by atoms with van der Waals surface area (Å²) in [7, 11) is 0. The van der Waals surface area contributed by atoms with E-state index in [1.165, 1.54) is 38.4 Å². The summed E-state index contributed by atoms with van der Waals surface area (Å²) in [5, 5.41) is 24.6. The largest absolute Gasteiger partial charge is 0.478 e. The molecule has 0 atom stereocenters. The van der Waals surface area contributed by atoms with Crippen molar-refractivity contribution in [3.8, 4) is 0 Å². The minimum Gasteiger partial charge on any atom is -0.478 e. The third-order valence-corrected chi connectivity index (χ3v) is 6.55. The van der Waals surface area contributed by atoms with E-state index in [2.05, 4.69) is 101 Å². The quantitative estimate of drug-likeness (QED) is 0.191. The van der Waals surface area contributed by atoms with Gasteiger partial charge in [-0.1, -0.05) is 84.9 Å². The molecule has 6 nitrogen and oxygen atoms in total. The molecule has 0 unspecified atom stereocenters. The molecule has 3 N–H and O–H groups in total. The Morgan fingerprint density at radius 1 is 0.789 bits per heavy atom. The van der Waals surface area contributed by atoms with Gasteiger partial charge >= 0.3 is 11.9 Å². The van der Waals surface area contributed by atoms with Crippen LogP contribution in [0.1, 0.15) is 18.4 Å². The summed E-state index contributed by atoms with van der Waals surface area (Å²) in [6.45, 7) is 4.33. The maximum atomic E-state index is 9.55. The van der Waals surface area contributed by atoms with Crippen molar-refractivity contribution in [1.82, 2.24) is 4.90 Å². The zero-order valence-corrected chi connectivity index (χ0v) is 21.2. The second-order valence-electron chi connectivity index (χ2n) is 9.12. The molecule has 38 heavy (non-hydrogen) atoms. The van der Waals surface area contributed by atoms with E-state index in [0.29, 0.717) is 12.2 Å². The van der Waals surface area contributed by atoms with E-state index in [0.717, 1.165) is 39.0 Å². The van der Waals surface area contributed by atoms with Crippen LogP contribution >= 0.6 is 0 Å². The van der Waals surface area contributed by atoms with Gasteiger partial charge < -0.3 is 15.5 Å². The Labute approximate surface area is 222 Å². The lowest BCUT2D eigenvalue weighted by molar-refractivity contribution is -0.134. The number of hydrogen-bond donors (Lipinski definition) is 3. The summed E-state index contributed by atoms with van der Waals surface area (Å²) in [4.78, 5) is 21.7. The molecule has 6 heteroatoms. The predicted molar refractivity (Wildman–Crippen MR) is 154 cm³/mol. The van der Waals surface area contributed by atoms with Crippen LogP contribution in [0.25, 0.3) is 27.1 Å². The first-order valence-corrected chi connectivity index (χ1v) is 12.8. The molecule has 4 aromatic carbocycles. The zero-order chi connectivity index (χ0) is 26.7. The van der Waals surface area contributed by atoms with Crippen LogP contribution in [0, 0.1) is 0 Å². The zero-order valence-electron chi connectivity index (χ0n) is 21.2. The van der Waals surface area contributed by atoms with Crippen LogP contribution in [0.2, 0.25) is 0 Å². The predicted octanol–water partition coefficient (Wildman–Crippen LogP) is 6.30. The van der Waals surface area contributed by atoms with E-state index in [-0.39, 0.29) is 0 Å². The highest BCUT2D eigenvalue weighted by atomic mass is 16.4. The summed E-state index contributed by atoms with van der Waals surface area (Å²) >= 11 is 0. The van der Waals surface area contributed by atoms with Gasteiger partial charge in [0.25, 0.3) is 0 Å². The molecular formula is C32H32N2O4. The standard InChI is InChI=1S/C28H28N2.C4H4O4/c1-3-12-25-22(8-1)10-5-14-26(25)24-16-20-30(21-17-24)19-7-18-29-28-15-6-11-23-9-2-4-13-27(23)28;5-3(6)1-2-4(7)8/h1-6,8-16,29H,7,17-21H2;1-2H,(H,5,6)(H,7,8). The molecule has 0 aromatic heterocycles. The normalized spacial score (nSPS) is 13.6. The summed E-state index contributed by atoms with van der Waals surface area (Å²) < 4.78 is 0. The number of fused-ring (bicyclic) bond motifs is 2. The summed E-state index contributed by atoms with van der Waals surface area (Å²) in [6, 6.07) is 30.5. The Morgan fingerprint density at radius 2 is 1.39 bits per heavy atom. The summed E-state index contributed by atoms with van der Waals surface area (Å²) in [5.74, 6) is -2.51. The lowest BCUT2D eigenvalue weighted by atomic mass is 9.94. The number of nitrogens with one attached hydrogen (secondary N) is 1. The van der Waals surface area contributed by atoms with Gasteiger partial charge in [0.2, 0.25) is 0 Å². The van der Waals surface area contributed by atoms with Crippen LogP contribution in [0.5, 0.6) is 0 Å². The van der Waals surface area contributed by atoms with E-state index in [1.807, 2.05) is 0 Å². The molecule has 1 aliphatic rings. The maximum absolute atomic E-state index is 9.55. The highest BCUT2D eigenvalue weighted by molar-refractivity contribution is 5.94. The molecule has 0 spiro atoms. The van der Waals surface area contributed by atoms with Crippen LogP contribution in [0.4, 0.5) is 5.69 Å². The molecule has 5 rings (SSSR count). The van der Waals surface area contributed by atoms with Gasteiger partial charge in [-0.3, -0.25) is 4.90 Å². The lowest BCUT2D eigenvalue weighted by Gasteiger charge is -2.27. The van der Waals surface area contributed by atoms with Crippen LogP contribution in [0.15, 0.2) is 103 Å². The SMILES string of the molecule is C1=C(c2cccc3ccccc23)CCN(CCCNc2cccc3ccccc23)C1.O=C(O)C=CC(=O)O. The average molecular weight is 509 g/mol. The van der Waals surface area contributed by atoms with Crippen molar-refractivity contribution in [2.45, 2.75) is 12.8 Å². The number of carboxylic acids is 2. The van der Waals surface area contributed by atoms with Gasteiger partial charge in [0, 0.05) is 49.4 Å². The third kappa shape index (κ3) is 7.31. The molecule has 0 fully saturated rings. The van der Waals surface area contributed by atoms with E-state index >= 15 is 0 Å². The van der Waals surface area contributed by atoms with Gasteiger partial charge in [0.15, 0.2) is 0 Å². The first kappa shape index (κ1) is 26.6. The van der Waals surface area contributed by atoms with Crippen LogP contribution in [-0.2, 0) is 9.59 Å². The van der Waals surface area contributed by atoms with Crippen molar-refractivity contribution < 1.29 is 19.8 Å². The van der Waals surface area contributed by atoms with E-state index in [4.69, 9.17) is 10.2 Å². The van der Waals surface area contributed by atoms with Gasteiger partial charge in [-0.25, -0.2) is 9.59 Å². The third-order valence-electron chi connectivity index (χ3n) is 6.55. The molecule has 0 saturated heterocycles. The molecule has 0 radical (unpaired) electrons. The number of nitrogens with zero attached hydrogens (tertiary/aromatic N) is 1. The average Bonchev–Trinajstić information content (AvgIpc) is 2.95. The first-order valence-electron chi connectivity index (χ1n) is 12.8. The van der Waals surface area contributed by atoms with Crippen molar-refractivity contribution in [1.29, 1.82) is 0 Å². The number of hydrogen-bond acceptors (Lipinski definition) is 4. The van der Waals surface area contributed by atoms with Crippen LogP contribution in [-0.4, -0.2) is 53.2 Å². The molecule has 0 amide bonds. The monoisotopic (exact) mass is 508 g/mol. The second kappa shape index (κ2) is 13.2. The van der Waals surface area contributed by atoms with E-state index < -0.39 is 11.9 Å². The number of benzene rings is 4. The van der Waals surface area contributed by atoms with Crippen molar-refractivity contribution >= 4 is 44.7 Å². The number of rotatable bonds is 8. The molecule has 4 aromatic rings. The number of carbonyl (C=O) groups is 2. The van der Waals surface area contributed by atoms with Crippen molar-refractivity contribution in [2.24, 2.45) is 0 Å². The van der Waals surface area contributed by atoms with Crippen LogP contribution in [0.3, 0.4) is 0 Å². The Kier molecular flexibility index (Phi) is 9.27. The minimum absolute atomic E-state index is 0.558.